The molecule has 0 aliphatic rings. The third-order valence-electron chi connectivity index (χ3n) is 1.82. The Balaban J connectivity index is 2.44. The van der Waals surface area contributed by atoms with Crippen LogP contribution in [0.4, 0.5) is 0 Å². The van der Waals surface area contributed by atoms with Gasteiger partial charge in [-0.25, -0.2) is 4.98 Å². The molecule has 0 fully saturated rings. The maximum atomic E-state index is 11.6. The van der Waals surface area contributed by atoms with Gasteiger partial charge in [-0.1, -0.05) is 0 Å². The Bertz CT molecular complexity index is 333. The van der Waals surface area contributed by atoms with E-state index in [1.54, 1.807) is 18.3 Å². The van der Waals surface area contributed by atoms with E-state index < -0.39 is 0 Å². The van der Waals surface area contributed by atoms with Crippen LogP contribution in [0, 0.1) is 0 Å². The normalized spacial score (nSPS) is 10.0. The summed E-state index contributed by atoms with van der Waals surface area (Å²) < 4.78 is 0.708. The van der Waals surface area contributed by atoms with Crippen molar-refractivity contribution >= 4 is 33.4 Å². The number of unbranched alkanes of at least 4 members (excludes halogenated alkanes) is 1. The first-order valence-electron chi connectivity index (χ1n) is 4.70. The van der Waals surface area contributed by atoms with Crippen molar-refractivity contribution in [2.24, 2.45) is 0 Å². The Hall–Kier alpha value is -0.610. The van der Waals surface area contributed by atoms with E-state index in [2.05, 4.69) is 26.2 Å². The monoisotopic (exact) mass is 290 g/mol. The quantitative estimate of drug-likeness (QED) is 0.669. The van der Waals surface area contributed by atoms with Gasteiger partial charge in [0.15, 0.2) is 0 Å². The van der Waals surface area contributed by atoms with Gasteiger partial charge in [0, 0.05) is 23.1 Å². The number of rotatable bonds is 5. The lowest BCUT2D eigenvalue weighted by Crippen LogP contribution is -2.25. The van der Waals surface area contributed by atoms with Gasteiger partial charge in [-0.05, 0) is 40.9 Å². The number of amides is 1. The lowest BCUT2D eigenvalue weighted by Gasteiger charge is -2.04. The van der Waals surface area contributed by atoms with Crippen molar-refractivity contribution in [3.8, 4) is 0 Å². The topological polar surface area (TPSA) is 42.0 Å². The number of carbonyl (C=O) groups is 1. The van der Waals surface area contributed by atoms with E-state index in [-0.39, 0.29) is 5.91 Å². The molecule has 0 aliphatic heterocycles. The first kappa shape index (κ1) is 12.5. The van der Waals surface area contributed by atoms with Gasteiger partial charge < -0.3 is 5.32 Å². The number of carbonyl (C=O) groups excluding carboxylic acids is 1. The molecular formula is C10H12BrClN2O. The fourth-order valence-electron chi connectivity index (χ4n) is 1.06. The third kappa shape index (κ3) is 4.18. The number of pyridine rings is 1. The highest BCUT2D eigenvalue weighted by molar-refractivity contribution is 9.10. The van der Waals surface area contributed by atoms with Gasteiger partial charge in [-0.2, -0.15) is 0 Å². The van der Waals surface area contributed by atoms with Crippen LogP contribution in [0.3, 0.4) is 0 Å². The minimum absolute atomic E-state index is 0.156. The number of alkyl halides is 1. The van der Waals surface area contributed by atoms with Gasteiger partial charge in [-0.15, -0.1) is 11.6 Å². The predicted molar refractivity (Wildman–Crippen MR) is 64.2 cm³/mol. The zero-order chi connectivity index (χ0) is 11.1. The Labute approximate surface area is 102 Å². The fourth-order valence-corrected chi connectivity index (χ4v) is 1.68. The van der Waals surface area contributed by atoms with Crippen molar-refractivity contribution in [1.82, 2.24) is 10.3 Å². The van der Waals surface area contributed by atoms with Gasteiger partial charge in [0.2, 0.25) is 0 Å². The molecule has 0 unspecified atom stereocenters. The molecule has 82 valence electrons. The zero-order valence-corrected chi connectivity index (χ0v) is 10.5. The van der Waals surface area contributed by atoms with E-state index in [0.29, 0.717) is 22.6 Å². The van der Waals surface area contributed by atoms with Gasteiger partial charge in [0.1, 0.15) is 5.69 Å². The SMILES string of the molecule is O=C(NCCCCCl)c1ncccc1Br. The Morgan fingerprint density at radius 1 is 1.53 bits per heavy atom. The number of hydrogen-bond donors (Lipinski definition) is 1. The fraction of sp³-hybridized carbons (Fsp3) is 0.400. The van der Waals surface area contributed by atoms with E-state index in [4.69, 9.17) is 11.6 Å². The molecule has 0 aliphatic carbocycles. The summed E-state index contributed by atoms with van der Waals surface area (Å²) in [6, 6.07) is 3.56. The molecule has 0 radical (unpaired) electrons. The Morgan fingerprint density at radius 3 is 3.00 bits per heavy atom. The number of hydrogen-bond acceptors (Lipinski definition) is 2. The van der Waals surface area contributed by atoms with E-state index >= 15 is 0 Å². The van der Waals surface area contributed by atoms with Gasteiger partial charge >= 0.3 is 0 Å². The van der Waals surface area contributed by atoms with Gasteiger partial charge in [-0.3, -0.25) is 4.79 Å². The Morgan fingerprint density at radius 2 is 2.33 bits per heavy atom. The van der Waals surface area contributed by atoms with Crippen molar-refractivity contribution in [2.45, 2.75) is 12.8 Å². The van der Waals surface area contributed by atoms with Crippen molar-refractivity contribution in [3.63, 3.8) is 0 Å². The highest BCUT2D eigenvalue weighted by Crippen LogP contribution is 2.12. The van der Waals surface area contributed by atoms with Crippen LogP contribution in [0.1, 0.15) is 23.3 Å². The molecule has 0 atom stereocenters. The van der Waals surface area contributed by atoms with Crippen LogP contribution >= 0.6 is 27.5 Å². The van der Waals surface area contributed by atoms with Crippen molar-refractivity contribution in [1.29, 1.82) is 0 Å². The number of aromatic nitrogens is 1. The van der Waals surface area contributed by atoms with Crippen LogP contribution in [0.15, 0.2) is 22.8 Å². The average molecular weight is 292 g/mol. The lowest BCUT2D eigenvalue weighted by molar-refractivity contribution is 0.0947. The maximum Gasteiger partial charge on any atom is 0.271 e. The average Bonchev–Trinajstić information content (AvgIpc) is 2.25. The summed E-state index contributed by atoms with van der Waals surface area (Å²) in [5.74, 6) is 0.473. The molecule has 1 heterocycles. The molecule has 0 saturated carbocycles. The standard InChI is InChI=1S/C10H12BrClN2O/c11-8-4-3-7-13-9(8)10(15)14-6-2-1-5-12/h3-4,7H,1-2,5-6H2,(H,14,15). The zero-order valence-electron chi connectivity index (χ0n) is 8.17. The van der Waals surface area contributed by atoms with Crippen LogP contribution in [-0.2, 0) is 0 Å². The largest absolute Gasteiger partial charge is 0.351 e. The van der Waals surface area contributed by atoms with Crippen LogP contribution in [-0.4, -0.2) is 23.3 Å². The van der Waals surface area contributed by atoms with Gasteiger partial charge in [0.05, 0.1) is 0 Å². The molecule has 1 amide bonds. The molecule has 0 bridgehead atoms. The molecule has 1 aromatic rings. The summed E-state index contributed by atoms with van der Waals surface area (Å²) in [7, 11) is 0. The van der Waals surface area contributed by atoms with Crippen molar-refractivity contribution in [2.75, 3.05) is 12.4 Å². The Kier molecular flexibility index (Phi) is 5.65. The molecule has 1 N–H and O–H groups in total. The molecule has 1 aromatic heterocycles. The minimum Gasteiger partial charge on any atom is -0.351 e. The van der Waals surface area contributed by atoms with E-state index in [1.807, 2.05) is 0 Å². The summed E-state index contributed by atoms with van der Waals surface area (Å²) in [6.45, 7) is 0.633. The smallest absolute Gasteiger partial charge is 0.271 e. The molecule has 5 heteroatoms. The lowest BCUT2D eigenvalue weighted by atomic mass is 10.3. The van der Waals surface area contributed by atoms with Crippen molar-refractivity contribution in [3.05, 3.63) is 28.5 Å². The number of halogens is 2. The molecule has 15 heavy (non-hydrogen) atoms. The summed E-state index contributed by atoms with van der Waals surface area (Å²) in [6.07, 6.45) is 3.39. The number of nitrogens with one attached hydrogen (secondary N) is 1. The van der Waals surface area contributed by atoms with Crippen LogP contribution in [0.5, 0.6) is 0 Å². The maximum absolute atomic E-state index is 11.6. The van der Waals surface area contributed by atoms with Gasteiger partial charge in [0.25, 0.3) is 5.91 Å². The molecule has 0 spiro atoms. The highest BCUT2D eigenvalue weighted by Gasteiger charge is 2.09. The summed E-state index contributed by atoms with van der Waals surface area (Å²) in [5.41, 5.74) is 0.420. The predicted octanol–water partition coefficient (Wildman–Crippen LogP) is 2.59. The summed E-state index contributed by atoms with van der Waals surface area (Å²) in [4.78, 5) is 15.6. The second-order valence-corrected chi connectivity index (χ2v) is 4.22. The molecule has 1 rings (SSSR count). The van der Waals surface area contributed by atoms with E-state index in [1.165, 1.54) is 0 Å². The number of nitrogens with zero attached hydrogens (tertiary/aromatic N) is 1. The first-order chi connectivity index (χ1) is 7.25. The molecule has 0 saturated heterocycles. The minimum atomic E-state index is -0.156. The van der Waals surface area contributed by atoms with Crippen LogP contribution in [0.2, 0.25) is 0 Å². The van der Waals surface area contributed by atoms with E-state index in [0.717, 1.165) is 12.8 Å². The highest BCUT2D eigenvalue weighted by atomic mass is 79.9. The van der Waals surface area contributed by atoms with Crippen LogP contribution in [0.25, 0.3) is 0 Å². The summed E-state index contributed by atoms with van der Waals surface area (Å²) in [5, 5.41) is 2.78. The van der Waals surface area contributed by atoms with Crippen molar-refractivity contribution < 1.29 is 4.79 Å². The molecule has 3 nitrogen and oxygen atoms in total. The first-order valence-corrected chi connectivity index (χ1v) is 6.03. The molecule has 0 aromatic carbocycles. The van der Waals surface area contributed by atoms with Crippen LogP contribution < -0.4 is 5.32 Å². The summed E-state index contributed by atoms with van der Waals surface area (Å²) >= 11 is 8.80. The second kappa shape index (κ2) is 6.80. The second-order valence-electron chi connectivity index (χ2n) is 2.99. The van der Waals surface area contributed by atoms with E-state index in [9.17, 15) is 4.79 Å². The third-order valence-corrected chi connectivity index (χ3v) is 2.73. The molecular weight excluding hydrogens is 279 g/mol.